The molecule has 3 nitrogen and oxygen atoms in total. The van der Waals surface area contributed by atoms with E-state index in [-0.39, 0.29) is 11.7 Å². The molecule has 2 aromatic rings. The van der Waals surface area contributed by atoms with E-state index in [2.05, 4.69) is 20.9 Å². The molecule has 1 aliphatic rings. The lowest BCUT2D eigenvalue weighted by molar-refractivity contribution is 0.0733. The maximum absolute atomic E-state index is 12.9. The molecule has 102 valence electrons. The van der Waals surface area contributed by atoms with Crippen molar-refractivity contribution in [2.45, 2.75) is 13.0 Å². The largest absolute Gasteiger partial charge is 0.334 e. The quantitative estimate of drug-likeness (QED) is 0.802. The fourth-order valence-corrected chi connectivity index (χ4v) is 2.72. The highest BCUT2D eigenvalue weighted by Gasteiger charge is 2.22. The van der Waals surface area contributed by atoms with E-state index >= 15 is 0 Å². The van der Waals surface area contributed by atoms with Gasteiger partial charge in [-0.2, -0.15) is 0 Å². The van der Waals surface area contributed by atoms with Crippen molar-refractivity contribution in [3.05, 3.63) is 63.6 Å². The summed E-state index contributed by atoms with van der Waals surface area (Å²) >= 11 is 3.39. The number of hydrogen-bond donors (Lipinski definition) is 0. The Bertz CT molecular complexity index is 657. The highest BCUT2D eigenvalue weighted by Crippen LogP contribution is 2.22. The first-order valence-corrected chi connectivity index (χ1v) is 7.11. The van der Waals surface area contributed by atoms with E-state index < -0.39 is 0 Å². The van der Waals surface area contributed by atoms with Gasteiger partial charge in [-0.15, -0.1) is 0 Å². The number of pyridine rings is 1. The molecule has 0 bridgehead atoms. The third-order valence-corrected chi connectivity index (χ3v) is 3.82. The molecule has 0 saturated heterocycles. The van der Waals surface area contributed by atoms with E-state index in [1.807, 2.05) is 6.07 Å². The van der Waals surface area contributed by atoms with Gasteiger partial charge in [0.05, 0.1) is 0 Å². The standard InChI is InChI=1S/C15H12BrFN2O/c16-12-7-11-9-19(6-5-14(11)18-8-12)15(20)10-1-3-13(17)4-2-10/h1-4,7-8H,5-6,9H2. The molecule has 0 N–H and O–H groups in total. The zero-order chi connectivity index (χ0) is 14.1. The molecule has 0 aliphatic carbocycles. The Labute approximate surface area is 124 Å². The van der Waals surface area contributed by atoms with Crippen molar-refractivity contribution in [1.82, 2.24) is 9.88 Å². The van der Waals surface area contributed by atoms with Gasteiger partial charge in [0.1, 0.15) is 5.82 Å². The van der Waals surface area contributed by atoms with Gasteiger partial charge in [0.2, 0.25) is 0 Å². The van der Waals surface area contributed by atoms with Gasteiger partial charge in [-0.05, 0) is 51.8 Å². The van der Waals surface area contributed by atoms with Gasteiger partial charge in [-0.3, -0.25) is 9.78 Å². The summed E-state index contributed by atoms with van der Waals surface area (Å²) in [7, 11) is 0. The maximum Gasteiger partial charge on any atom is 0.254 e. The van der Waals surface area contributed by atoms with Gasteiger partial charge < -0.3 is 4.90 Å². The predicted octanol–water partition coefficient (Wildman–Crippen LogP) is 3.18. The Morgan fingerprint density at radius 1 is 1.30 bits per heavy atom. The number of fused-ring (bicyclic) bond motifs is 1. The number of amides is 1. The molecule has 1 aromatic carbocycles. The predicted molar refractivity (Wildman–Crippen MR) is 76.8 cm³/mol. The minimum atomic E-state index is -0.335. The normalized spacial score (nSPS) is 14.0. The van der Waals surface area contributed by atoms with Crippen LogP contribution < -0.4 is 0 Å². The summed E-state index contributed by atoms with van der Waals surface area (Å²) in [5, 5.41) is 0. The Morgan fingerprint density at radius 2 is 2.05 bits per heavy atom. The van der Waals surface area contributed by atoms with Crippen LogP contribution in [0.4, 0.5) is 4.39 Å². The van der Waals surface area contributed by atoms with E-state index in [1.54, 1.807) is 11.1 Å². The fraction of sp³-hybridized carbons (Fsp3) is 0.200. The molecule has 0 unspecified atom stereocenters. The molecule has 0 saturated carbocycles. The van der Waals surface area contributed by atoms with Crippen molar-refractivity contribution in [3.8, 4) is 0 Å². The monoisotopic (exact) mass is 334 g/mol. The highest BCUT2D eigenvalue weighted by atomic mass is 79.9. The third-order valence-electron chi connectivity index (χ3n) is 3.38. The number of aromatic nitrogens is 1. The fourth-order valence-electron chi connectivity index (χ4n) is 2.35. The van der Waals surface area contributed by atoms with Crippen LogP contribution in [0.1, 0.15) is 21.6 Å². The van der Waals surface area contributed by atoms with E-state index in [9.17, 15) is 9.18 Å². The molecule has 0 spiro atoms. The average Bonchev–Trinajstić information content (AvgIpc) is 2.46. The van der Waals surface area contributed by atoms with Crippen LogP contribution in [0.5, 0.6) is 0 Å². The summed E-state index contributed by atoms with van der Waals surface area (Å²) in [6.45, 7) is 1.18. The van der Waals surface area contributed by atoms with Crippen LogP contribution in [0.25, 0.3) is 0 Å². The molecule has 0 radical (unpaired) electrons. The molecule has 1 aliphatic heterocycles. The summed E-state index contributed by atoms with van der Waals surface area (Å²) in [6, 6.07) is 7.65. The molecular formula is C15H12BrFN2O. The third kappa shape index (κ3) is 2.58. The highest BCUT2D eigenvalue weighted by molar-refractivity contribution is 9.10. The average molecular weight is 335 g/mol. The lowest BCUT2D eigenvalue weighted by Crippen LogP contribution is -2.36. The van der Waals surface area contributed by atoms with Gasteiger partial charge in [0.15, 0.2) is 0 Å². The van der Waals surface area contributed by atoms with Gasteiger partial charge in [-0.25, -0.2) is 4.39 Å². The van der Waals surface area contributed by atoms with Crippen LogP contribution in [0.15, 0.2) is 41.0 Å². The lowest BCUT2D eigenvalue weighted by atomic mass is 10.0. The second-order valence-electron chi connectivity index (χ2n) is 4.74. The Balaban J connectivity index is 1.82. The summed E-state index contributed by atoms with van der Waals surface area (Å²) < 4.78 is 13.8. The van der Waals surface area contributed by atoms with Crippen LogP contribution in [0.3, 0.4) is 0 Å². The summed E-state index contributed by atoms with van der Waals surface area (Å²) in [6.07, 6.45) is 2.52. The minimum absolute atomic E-state index is 0.0735. The summed E-state index contributed by atoms with van der Waals surface area (Å²) in [5.41, 5.74) is 2.61. The molecule has 1 amide bonds. The molecule has 0 atom stereocenters. The molecular weight excluding hydrogens is 323 g/mol. The number of nitrogens with zero attached hydrogens (tertiary/aromatic N) is 2. The van der Waals surface area contributed by atoms with Crippen LogP contribution in [0.2, 0.25) is 0 Å². The van der Waals surface area contributed by atoms with Crippen molar-refractivity contribution < 1.29 is 9.18 Å². The summed E-state index contributed by atoms with van der Waals surface area (Å²) in [5.74, 6) is -0.408. The second-order valence-corrected chi connectivity index (χ2v) is 5.66. The SMILES string of the molecule is O=C(c1ccc(F)cc1)N1CCc2ncc(Br)cc2C1. The second kappa shape index (κ2) is 5.32. The van der Waals surface area contributed by atoms with Gasteiger partial charge in [0.25, 0.3) is 5.91 Å². The van der Waals surface area contributed by atoms with Crippen molar-refractivity contribution >= 4 is 21.8 Å². The van der Waals surface area contributed by atoms with E-state index in [1.165, 1.54) is 24.3 Å². The first-order chi connectivity index (χ1) is 9.63. The topological polar surface area (TPSA) is 33.2 Å². The smallest absolute Gasteiger partial charge is 0.254 e. The van der Waals surface area contributed by atoms with Crippen LogP contribution >= 0.6 is 15.9 Å². The zero-order valence-electron chi connectivity index (χ0n) is 10.6. The van der Waals surface area contributed by atoms with E-state index in [0.29, 0.717) is 18.7 Å². The van der Waals surface area contributed by atoms with Crippen LogP contribution in [0, 0.1) is 5.82 Å². The Kier molecular flexibility index (Phi) is 3.53. The number of hydrogen-bond acceptors (Lipinski definition) is 2. The summed E-state index contributed by atoms with van der Waals surface area (Å²) in [4.78, 5) is 18.5. The number of carbonyl (C=O) groups excluding carboxylic acids is 1. The molecule has 1 aromatic heterocycles. The number of carbonyl (C=O) groups is 1. The van der Waals surface area contributed by atoms with Crippen molar-refractivity contribution in [3.63, 3.8) is 0 Å². The number of benzene rings is 1. The number of rotatable bonds is 1. The first kappa shape index (κ1) is 13.2. The van der Waals surface area contributed by atoms with Gasteiger partial charge >= 0.3 is 0 Å². The Morgan fingerprint density at radius 3 is 2.80 bits per heavy atom. The molecule has 3 rings (SSSR count). The first-order valence-electron chi connectivity index (χ1n) is 6.31. The zero-order valence-corrected chi connectivity index (χ0v) is 12.2. The molecule has 20 heavy (non-hydrogen) atoms. The van der Waals surface area contributed by atoms with Crippen molar-refractivity contribution in [2.24, 2.45) is 0 Å². The van der Waals surface area contributed by atoms with E-state index in [4.69, 9.17) is 0 Å². The van der Waals surface area contributed by atoms with Crippen LogP contribution in [-0.2, 0) is 13.0 Å². The lowest BCUT2D eigenvalue weighted by Gasteiger charge is -2.28. The minimum Gasteiger partial charge on any atom is -0.334 e. The molecule has 0 fully saturated rings. The van der Waals surface area contributed by atoms with Gasteiger partial charge in [-0.1, -0.05) is 0 Å². The van der Waals surface area contributed by atoms with Crippen molar-refractivity contribution in [2.75, 3.05) is 6.54 Å². The maximum atomic E-state index is 12.9. The van der Waals surface area contributed by atoms with Crippen LogP contribution in [-0.4, -0.2) is 22.3 Å². The van der Waals surface area contributed by atoms with Crippen molar-refractivity contribution in [1.29, 1.82) is 0 Å². The van der Waals surface area contributed by atoms with Gasteiger partial charge in [0, 0.05) is 41.4 Å². The molecule has 5 heteroatoms. The van der Waals surface area contributed by atoms with E-state index in [0.717, 1.165) is 22.2 Å². The molecule has 2 heterocycles. The number of halogens is 2. The Hall–Kier alpha value is -1.75.